The van der Waals surface area contributed by atoms with E-state index in [1.165, 1.54) is 11.1 Å². The number of piperidine rings is 1. The lowest BCUT2D eigenvalue weighted by atomic mass is 9.97. The zero-order valence-electron chi connectivity index (χ0n) is 18.0. The maximum absolute atomic E-state index is 10.3. The number of benzene rings is 3. The lowest BCUT2D eigenvalue weighted by Crippen LogP contribution is -2.49. The highest BCUT2D eigenvalue weighted by Crippen LogP contribution is 2.25. The Bertz CT molecular complexity index is 911. The summed E-state index contributed by atoms with van der Waals surface area (Å²) in [4.78, 5) is 2.51. The van der Waals surface area contributed by atoms with Gasteiger partial charge in [-0.25, -0.2) is 0 Å². The largest absolute Gasteiger partial charge is 0.457 e. The van der Waals surface area contributed by atoms with Crippen LogP contribution in [-0.2, 0) is 13.0 Å². The van der Waals surface area contributed by atoms with E-state index < -0.39 is 0 Å². The zero-order chi connectivity index (χ0) is 21.3. The summed E-state index contributed by atoms with van der Waals surface area (Å²) in [6.07, 6.45) is 3.05. The molecule has 0 spiro atoms. The third-order valence-corrected chi connectivity index (χ3v) is 6.01. The van der Waals surface area contributed by atoms with Gasteiger partial charge in [0.25, 0.3) is 0 Å². The predicted molar refractivity (Wildman–Crippen MR) is 125 cm³/mol. The van der Waals surface area contributed by atoms with E-state index in [0.29, 0.717) is 6.04 Å². The van der Waals surface area contributed by atoms with Crippen molar-refractivity contribution in [1.29, 1.82) is 0 Å². The topological polar surface area (TPSA) is 44.7 Å². The first-order valence-electron chi connectivity index (χ1n) is 11.2. The lowest BCUT2D eigenvalue weighted by Gasteiger charge is -2.40. The fourth-order valence-electron chi connectivity index (χ4n) is 4.41. The van der Waals surface area contributed by atoms with Crippen LogP contribution in [0.15, 0.2) is 84.9 Å². The van der Waals surface area contributed by atoms with Crippen LogP contribution in [0.3, 0.4) is 0 Å². The summed E-state index contributed by atoms with van der Waals surface area (Å²) in [6.45, 7) is 3.01. The van der Waals surface area contributed by atoms with Gasteiger partial charge >= 0.3 is 0 Å². The van der Waals surface area contributed by atoms with Crippen molar-refractivity contribution in [3.8, 4) is 11.5 Å². The molecule has 162 valence electrons. The minimum Gasteiger partial charge on any atom is -0.457 e. The van der Waals surface area contributed by atoms with Crippen molar-refractivity contribution in [2.45, 2.75) is 37.9 Å². The molecule has 1 aliphatic rings. The second kappa shape index (κ2) is 11.1. The van der Waals surface area contributed by atoms with Crippen LogP contribution in [0.5, 0.6) is 11.5 Å². The molecule has 3 aromatic rings. The van der Waals surface area contributed by atoms with Gasteiger partial charge < -0.3 is 15.2 Å². The van der Waals surface area contributed by atoms with Gasteiger partial charge in [-0.05, 0) is 67.7 Å². The van der Waals surface area contributed by atoms with Crippen LogP contribution in [0.2, 0.25) is 0 Å². The first kappa shape index (κ1) is 21.6. The molecule has 0 radical (unpaired) electrons. The molecule has 1 atom stereocenters. The van der Waals surface area contributed by atoms with Gasteiger partial charge in [-0.2, -0.15) is 0 Å². The summed E-state index contributed by atoms with van der Waals surface area (Å²) < 4.78 is 6.05. The zero-order valence-corrected chi connectivity index (χ0v) is 18.0. The molecule has 3 aromatic carbocycles. The van der Waals surface area contributed by atoms with E-state index >= 15 is 0 Å². The van der Waals surface area contributed by atoms with E-state index in [9.17, 15) is 5.11 Å². The molecular formula is C27H32N2O2. The summed E-state index contributed by atoms with van der Waals surface area (Å²) >= 11 is 0. The van der Waals surface area contributed by atoms with E-state index in [1.54, 1.807) is 0 Å². The molecule has 31 heavy (non-hydrogen) atoms. The number of aliphatic hydroxyl groups excluding tert-OH is 1. The van der Waals surface area contributed by atoms with Gasteiger partial charge in [0.05, 0.1) is 6.61 Å². The van der Waals surface area contributed by atoms with Crippen LogP contribution in [0.4, 0.5) is 0 Å². The number of nitrogens with zero attached hydrogens (tertiary/aromatic N) is 1. The molecule has 1 fully saturated rings. The highest BCUT2D eigenvalue weighted by molar-refractivity contribution is 5.34. The Morgan fingerprint density at radius 3 is 2.19 bits per heavy atom. The summed E-state index contributed by atoms with van der Waals surface area (Å²) in [5.41, 5.74) is 2.47. The van der Waals surface area contributed by atoms with Crippen molar-refractivity contribution < 1.29 is 9.84 Å². The van der Waals surface area contributed by atoms with Crippen LogP contribution in [0.1, 0.15) is 24.0 Å². The summed E-state index contributed by atoms with van der Waals surface area (Å²) in [7, 11) is 0. The van der Waals surface area contributed by atoms with Crippen molar-refractivity contribution in [2.24, 2.45) is 0 Å². The van der Waals surface area contributed by atoms with E-state index in [4.69, 9.17) is 4.74 Å². The number of nitrogens with one attached hydrogen (secondary N) is 1. The van der Waals surface area contributed by atoms with Crippen molar-refractivity contribution in [2.75, 3.05) is 19.7 Å². The second-order valence-corrected chi connectivity index (χ2v) is 8.24. The van der Waals surface area contributed by atoms with Gasteiger partial charge in [0, 0.05) is 18.6 Å². The van der Waals surface area contributed by atoms with Crippen molar-refractivity contribution >= 4 is 0 Å². The summed E-state index contributed by atoms with van der Waals surface area (Å²) in [5, 5.41) is 13.8. The Morgan fingerprint density at radius 2 is 1.48 bits per heavy atom. The standard InChI is InChI=1S/C27H32N2O2/c30-21-25(18-22-8-3-1-4-9-22)29(24-14-16-28-17-15-24)20-23-10-7-13-27(19-23)31-26-11-5-2-6-12-26/h1-13,19,24-25,28,30H,14-18,20-21H2. The Hall–Kier alpha value is -2.66. The molecule has 0 bridgehead atoms. The van der Waals surface area contributed by atoms with Crippen LogP contribution in [0.25, 0.3) is 0 Å². The number of hydrogen-bond donors (Lipinski definition) is 2. The Morgan fingerprint density at radius 1 is 0.839 bits per heavy atom. The quantitative estimate of drug-likeness (QED) is 0.534. The third kappa shape index (κ3) is 6.17. The van der Waals surface area contributed by atoms with Gasteiger partial charge in [0.15, 0.2) is 0 Å². The first-order valence-corrected chi connectivity index (χ1v) is 11.2. The molecule has 2 N–H and O–H groups in total. The molecular weight excluding hydrogens is 384 g/mol. The fraction of sp³-hybridized carbons (Fsp3) is 0.333. The van der Waals surface area contributed by atoms with E-state index in [1.807, 2.05) is 42.5 Å². The van der Waals surface area contributed by atoms with Crippen LogP contribution in [-0.4, -0.2) is 41.8 Å². The molecule has 1 saturated heterocycles. The SMILES string of the molecule is OCC(Cc1ccccc1)N(Cc1cccc(Oc2ccccc2)c1)C1CCNCC1. The van der Waals surface area contributed by atoms with Gasteiger partial charge in [0.1, 0.15) is 11.5 Å². The number of rotatable bonds is 9. The van der Waals surface area contributed by atoms with Crippen LogP contribution in [0, 0.1) is 0 Å². The van der Waals surface area contributed by atoms with Crippen molar-refractivity contribution in [3.05, 3.63) is 96.1 Å². The molecule has 1 heterocycles. The average molecular weight is 417 g/mol. The highest BCUT2D eigenvalue weighted by atomic mass is 16.5. The monoisotopic (exact) mass is 416 g/mol. The van der Waals surface area contributed by atoms with Crippen LogP contribution >= 0.6 is 0 Å². The molecule has 0 aliphatic carbocycles. The van der Waals surface area contributed by atoms with Crippen molar-refractivity contribution in [1.82, 2.24) is 10.2 Å². The molecule has 0 amide bonds. The molecule has 0 aromatic heterocycles. The number of ether oxygens (including phenoxy) is 1. The number of aliphatic hydroxyl groups is 1. The Kier molecular flexibility index (Phi) is 7.72. The third-order valence-electron chi connectivity index (χ3n) is 6.01. The van der Waals surface area contributed by atoms with E-state index in [2.05, 4.69) is 52.7 Å². The average Bonchev–Trinajstić information content (AvgIpc) is 2.83. The smallest absolute Gasteiger partial charge is 0.127 e. The van der Waals surface area contributed by atoms with Gasteiger partial charge in [-0.15, -0.1) is 0 Å². The molecule has 4 heteroatoms. The minimum atomic E-state index is 0.0872. The van der Waals surface area contributed by atoms with Crippen LogP contribution < -0.4 is 10.1 Å². The summed E-state index contributed by atoms with van der Waals surface area (Å²) in [6, 6.07) is 29.2. The van der Waals surface area contributed by atoms with Gasteiger partial charge in [0.2, 0.25) is 0 Å². The highest BCUT2D eigenvalue weighted by Gasteiger charge is 2.27. The normalized spacial score (nSPS) is 15.7. The Balaban J connectivity index is 1.53. The minimum absolute atomic E-state index is 0.0872. The number of hydrogen-bond acceptors (Lipinski definition) is 4. The maximum Gasteiger partial charge on any atom is 0.127 e. The molecule has 0 saturated carbocycles. The number of para-hydroxylation sites is 1. The maximum atomic E-state index is 10.3. The van der Waals surface area contributed by atoms with E-state index in [0.717, 1.165) is 50.4 Å². The molecule has 4 rings (SSSR count). The molecule has 1 aliphatic heterocycles. The van der Waals surface area contributed by atoms with Gasteiger partial charge in [-0.1, -0.05) is 60.7 Å². The van der Waals surface area contributed by atoms with E-state index in [-0.39, 0.29) is 12.6 Å². The second-order valence-electron chi connectivity index (χ2n) is 8.24. The lowest BCUT2D eigenvalue weighted by molar-refractivity contribution is 0.0604. The first-order chi connectivity index (χ1) is 15.3. The summed E-state index contributed by atoms with van der Waals surface area (Å²) in [5.74, 6) is 1.68. The molecule has 4 nitrogen and oxygen atoms in total. The Labute approximate surface area is 185 Å². The predicted octanol–water partition coefficient (Wildman–Crippen LogP) is 4.64. The fourth-order valence-corrected chi connectivity index (χ4v) is 4.41. The molecule has 1 unspecified atom stereocenters. The van der Waals surface area contributed by atoms with Crippen molar-refractivity contribution in [3.63, 3.8) is 0 Å². The van der Waals surface area contributed by atoms with Gasteiger partial charge in [-0.3, -0.25) is 4.90 Å².